The van der Waals surface area contributed by atoms with E-state index in [0.717, 1.165) is 37.5 Å². The van der Waals surface area contributed by atoms with Crippen LogP contribution in [0.2, 0.25) is 0 Å². The van der Waals surface area contributed by atoms with Gasteiger partial charge in [-0.2, -0.15) is 0 Å². The van der Waals surface area contributed by atoms with Crippen molar-refractivity contribution in [2.75, 3.05) is 13.6 Å². The lowest BCUT2D eigenvalue weighted by atomic mass is 10.1. The average molecular weight is 430 g/mol. The van der Waals surface area contributed by atoms with Gasteiger partial charge in [0.1, 0.15) is 5.82 Å². The van der Waals surface area contributed by atoms with Crippen molar-refractivity contribution in [3.8, 4) is 0 Å². The highest BCUT2D eigenvalue weighted by molar-refractivity contribution is 14.0. The van der Waals surface area contributed by atoms with Crippen molar-refractivity contribution in [2.45, 2.75) is 19.4 Å². The van der Waals surface area contributed by atoms with E-state index in [0.29, 0.717) is 0 Å². The fourth-order valence-electron chi connectivity index (χ4n) is 2.26. The summed E-state index contributed by atoms with van der Waals surface area (Å²) in [6, 6.07) is 8.83. The van der Waals surface area contributed by atoms with Gasteiger partial charge in [-0.1, -0.05) is 12.1 Å². The summed E-state index contributed by atoms with van der Waals surface area (Å²) >= 11 is 0. The second-order valence-corrected chi connectivity index (χ2v) is 5.27. The van der Waals surface area contributed by atoms with Gasteiger partial charge in [-0.15, -0.1) is 24.0 Å². The molecule has 0 amide bonds. The van der Waals surface area contributed by atoms with Gasteiger partial charge in [-0.3, -0.25) is 4.99 Å². The molecule has 2 aromatic rings. The van der Waals surface area contributed by atoms with Gasteiger partial charge in [0, 0.05) is 39.6 Å². The zero-order chi connectivity index (χ0) is 15.8. The summed E-state index contributed by atoms with van der Waals surface area (Å²) in [5.74, 6) is 0.605. The molecule has 1 heterocycles. The largest absolute Gasteiger partial charge is 0.357 e. The van der Waals surface area contributed by atoms with Crippen molar-refractivity contribution in [2.24, 2.45) is 12.0 Å². The van der Waals surface area contributed by atoms with Gasteiger partial charge >= 0.3 is 0 Å². The van der Waals surface area contributed by atoms with Crippen LogP contribution >= 0.6 is 24.0 Å². The molecule has 4 nitrogen and oxygen atoms in total. The third-order valence-corrected chi connectivity index (χ3v) is 3.40. The Morgan fingerprint density at radius 1 is 1.22 bits per heavy atom. The number of guanidine groups is 1. The van der Waals surface area contributed by atoms with E-state index < -0.39 is 0 Å². The molecule has 1 aromatic heterocycles. The van der Waals surface area contributed by atoms with Crippen LogP contribution in [0.5, 0.6) is 0 Å². The van der Waals surface area contributed by atoms with Crippen LogP contribution in [0.1, 0.15) is 17.5 Å². The van der Waals surface area contributed by atoms with Gasteiger partial charge in [-0.25, -0.2) is 4.39 Å². The first-order valence-corrected chi connectivity index (χ1v) is 7.47. The zero-order valence-corrected chi connectivity index (χ0v) is 15.9. The molecule has 0 radical (unpaired) electrons. The zero-order valence-electron chi connectivity index (χ0n) is 13.6. The van der Waals surface area contributed by atoms with E-state index in [9.17, 15) is 4.39 Å². The molecule has 0 atom stereocenters. The van der Waals surface area contributed by atoms with Crippen LogP contribution in [-0.2, 0) is 20.0 Å². The quantitative estimate of drug-likeness (QED) is 0.320. The molecule has 0 bridgehead atoms. The number of hydrogen-bond acceptors (Lipinski definition) is 1. The Labute approximate surface area is 154 Å². The number of halogens is 2. The maximum atomic E-state index is 13.1. The standard InChI is InChI=1S/C17H23FN4.HI/c1-19-17(21-12-15-8-10-22(2)13-15)20-9-4-6-14-5-3-7-16(18)11-14;/h3,5,7-8,10-11,13H,4,6,9,12H2,1-2H3,(H2,19,20,21);1H. The molecule has 0 aliphatic rings. The van der Waals surface area contributed by atoms with Crippen molar-refractivity contribution >= 4 is 29.9 Å². The van der Waals surface area contributed by atoms with Gasteiger partial charge in [0.15, 0.2) is 5.96 Å². The molecule has 0 saturated heterocycles. The SMILES string of the molecule is CN=C(NCCCc1cccc(F)c1)NCc1ccn(C)c1.I. The van der Waals surface area contributed by atoms with Crippen LogP contribution < -0.4 is 10.6 Å². The van der Waals surface area contributed by atoms with Crippen LogP contribution in [0, 0.1) is 5.82 Å². The number of nitrogens with zero attached hydrogens (tertiary/aromatic N) is 2. The molecule has 2 rings (SSSR count). The Hall–Kier alpha value is -1.57. The third kappa shape index (κ3) is 7.02. The summed E-state index contributed by atoms with van der Waals surface area (Å²) in [6.45, 7) is 1.54. The molecular weight excluding hydrogens is 406 g/mol. The summed E-state index contributed by atoms with van der Waals surface area (Å²) in [5, 5.41) is 6.54. The van der Waals surface area contributed by atoms with Crippen LogP contribution in [0.15, 0.2) is 47.7 Å². The maximum absolute atomic E-state index is 13.1. The average Bonchev–Trinajstić information content (AvgIpc) is 2.92. The summed E-state index contributed by atoms with van der Waals surface area (Å²) < 4.78 is 15.1. The van der Waals surface area contributed by atoms with E-state index in [-0.39, 0.29) is 29.8 Å². The number of aliphatic imine (C=N–C) groups is 1. The van der Waals surface area contributed by atoms with Crippen molar-refractivity contribution in [3.63, 3.8) is 0 Å². The Kier molecular flexibility index (Phi) is 8.68. The summed E-state index contributed by atoms with van der Waals surface area (Å²) in [6.07, 6.45) is 5.87. The number of nitrogens with one attached hydrogen (secondary N) is 2. The third-order valence-electron chi connectivity index (χ3n) is 3.40. The van der Waals surface area contributed by atoms with Crippen LogP contribution in [0.3, 0.4) is 0 Å². The van der Waals surface area contributed by atoms with E-state index in [1.165, 1.54) is 11.6 Å². The molecule has 0 spiro atoms. The van der Waals surface area contributed by atoms with Crippen LogP contribution in [-0.4, -0.2) is 24.1 Å². The lowest BCUT2D eigenvalue weighted by Gasteiger charge is -2.11. The predicted octanol–water partition coefficient (Wildman–Crippen LogP) is 3.08. The van der Waals surface area contributed by atoms with Crippen LogP contribution in [0.25, 0.3) is 0 Å². The molecule has 0 fully saturated rings. The topological polar surface area (TPSA) is 41.4 Å². The molecule has 126 valence electrons. The molecule has 0 saturated carbocycles. The number of rotatable bonds is 6. The lowest BCUT2D eigenvalue weighted by Crippen LogP contribution is -2.37. The van der Waals surface area contributed by atoms with Crippen molar-refractivity contribution in [1.82, 2.24) is 15.2 Å². The van der Waals surface area contributed by atoms with E-state index in [1.807, 2.05) is 23.9 Å². The van der Waals surface area contributed by atoms with Gasteiger partial charge in [0.2, 0.25) is 0 Å². The first-order valence-electron chi connectivity index (χ1n) is 7.47. The van der Waals surface area contributed by atoms with Crippen LogP contribution in [0.4, 0.5) is 4.39 Å². The maximum Gasteiger partial charge on any atom is 0.191 e. The number of hydrogen-bond donors (Lipinski definition) is 2. The summed E-state index contributed by atoms with van der Waals surface area (Å²) in [5.41, 5.74) is 2.24. The highest BCUT2D eigenvalue weighted by Crippen LogP contribution is 2.05. The fourth-order valence-corrected chi connectivity index (χ4v) is 2.26. The molecule has 0 aliphatic heterocycles. The molecular formula is C17H24FIN4. The lowest BCUT2D eigenvalue weighted by molar-refractivity contribution is 0.624. The van der Waals surface area contributed by atoms with E-state index >= 15 is 0 Å². The number of aryl methyl sites for hydroxylation is 2. The fraction of sp³-hybridized carbons (Fsp3) is 0.353. The van der Waals surface area contributed by atoms with Crippen molar-refractivity contribution in [3.05, 3.63) is 59.7 Å². The Morgan fingerprint density at radius 3 is 2.70 bits per heavy atom. The molecule has 0 unspecified atom stereocenters. The highest BCUT2D eigenvalue weighted by Gasteiger charge is 2.00. The van der Waals surface area contributed by atoms with E-state index in [1.54, 1.807) is 19.2 Å². The first kappa shape index (κ1) is 19.5. The van der Waals surface area contributed by atoms with E-state index in [4.69, 9.17) is 0 Å². The predicted molar refractivity (Wildman–Crippen MR) is 104 cm³/mol. The molecule has 2 N–H and O–H groups in total. The van der Waals surface area contributed by atoms with Gasteiger partial charge in [0.25, 0.3) is 0 Å². The van der Waals surface area contributed by atoms with Crippen molar-refractivity contribution in [1.29, 1.82) is 0 Å². The Balaban J connectivity index is 0.00000264. The molecule has 6 heteroatoms. The van der Waals surface area contributed by atoms with E-state index in [2.05, 4.69) is 27.9 Å². The normalized spacial score (nSPS) is 11.0. The first-order chi connectivity index (χ1) is 10.7. The monoisotopic (exact) mass is 430 g/mol. The van der Waals surface area contributed by atoms with Crippen molar-refractivity contribution < 1.29 is 4.39 Å². The minimum atomic E-state index is -0.175. The van der Waals surface area contributed by atoms with Gasteiger partial charge in [-0.05, 0) is 42.2 Å². The second kappa shape index (κ2) is 10.3. The van der Waals surface area contributed by atoms with Gasteiger partial charge < -0.3 is 15.2 Å². The second-order valence-electron chi connectivity index (χ2n) is 5.27. The smallest absolute Gasteiger partial charge is 0.191 e. The minimum Gasteiger partial charge on any atom is -0.357 e. The number of aromatic nitrogens is 1. The summed E-state index contributed by atoms with van der Waals surface area (Å²) in [7, 11) is 3.76. The van der Waals surface area contributed by atoms with Gasteiger partial charge in [0.05, 0.1) is 0 Å². The molecule has 0 aliphatic carbocycles. The number of benzene rings is 1. The minimum absolute atomic E-state index is 0. The Morgan fingerprint density at radius 2 is 2.04 bits per heavy atom. The molecule has 23 heavy (non-hydrogen) atoms. The Bertz CT molecular complexity index is 625. The highest BCUT2D eigenvalue weighted by atomic mass is 127. The molecule has 1 aromatic carbocycles. The summed E-state index contributed by atoms with van der Waals surface area (Å²) in [4.78, 5) is 4.20.